The molecule has 0 aromatic heterocycles. The summed E-state index contributed by atoms with van der Waals surface area (Å²) in [6, 6.07) is 3.29. The molecule has 1 unspecified atom stereocenters. The van der Waals surface area contributed by atoms with E-state index in [4.69, 9.17) is 0 Å². The van der Waals surface area contributed by atoms with Crippen LogP contribution in [-0.2, 0) is 16.0 Å². The Morgan fingerprint density at radius 3 is 3.00 bits per heavy atom. The quantitative estimate of drug-likeness (QED) is 0.798. The molecule has 2 amide bonds. The summed E-state index contributed by atoms with van der Waals surface area (Å²) >= 11 is 0. The molecule has 2 aliphatic rings. The smallest absolute Gasteiger partial charge is 0.224 e. The zero-order valence-electron chi connectivity index (χ0n) is 12.4. The topological polar surface area (TPSA) is 70.2 Å². The molecule has 0 saturated carbocycles. The molecule has 22 heavy (non-hydrogen) atoms. The molecule has 3 N–H and O–H groups in total. The summed E-state index contributed by atoms with van der Waals surface area (Å²) in [5.41, 5.74) is 1.49. The zero-order chi connectivity index (χ0) is 15.5. The average Bonchev–Trinajstić information content (AvgIpc) is 3.00. The highest BCUT2D eigenvalue weighted by Crippen LogP contribution is 2.28. The van der Waals surface area contributed by atoms with Crippen LogP contribution < -0.4 is 16.0 Å². The summed E-state index contributed by atoms with van der Waals surface area (Å²) in [7, 11) is 0. The molecule has 118 valence electrons. The molecule has 2 heterocycles. The van der Waals surface area contributed by atoms with Gasteiger partial charge in [0.2, 0.25) is 11.8 Å². The van der Waals surface area contributed by atoms with Crippen LogP contribution in [0, 0.1) is 5.82 Å². The number of anilines is 2. The summed E-state index contributed by atoms with van der Waals surface area (Å²) in [6.45, 7) is 1.01. The van der Waals surface area contributed by atoms with Crippen molar-refractivity contribution in [2.24, 2.45) is 0 Å². The molecule has 0 radical (unpaired) electrons. The molecule has 1 aromatic carbocycles. The third-order valence-corrected chi connectivity index (χ3v) is 4.24. The first-order chi connectivity index (χ1) is 10.6. The fraction of sp³-hybridized carbons (Fsp3) is 0.500. The fourth-order valence-electron chi connectivity index (χ4n) is 3.02. The van der Waals surface area contributed by atoms with E-state index in [0.29, 0.717) is 31.0 Å². The van der Waals surface area contributed by atoms with Crippen LogP contribution in [0.5, 0.6) is 0 Å². The maximum absolute atomic E-state index is 14.0. The molecule has 0 spiro atoms. The van der Waals surface area contributed by atoms with Gasteiger partial charge in [0.1, 0.15) is 5.82 Å². The van der Waals surface area contributed by atoms with E-state index in [1.54, 1.807) is 0 Å². The number of hydrogen-bond donors (Lipinski definition) is 3. The molecule has 2 aliphatic heterocycles. The molecule has 1 saturated heterocycles. The number of hydrogen-bond acceptors (Lipinski definition) is 3. The van der Waals surface area contributed by atoms with Crippen molar-refractivity contribution in [1.29, 1.82) is 0 Å². The molecule has 3 rings (SSSR count). The number of fused-ring (bicyclic) bond motifs is 1. The maximum atomic E-state index is 14.0. The molecular weight excluding hydrogens is 285 g/mol. The summed E-state index contributed by atoms with van der Waals surface area (Å²) < 4.78 is 14.0. The number of nitrogens with one attached hydrogen (secondary N) is 3. The lowest BCUT2D eigenvalue weighted by Gasteiger charge is -2.18. The van der Waals surface area contributed by atoms with Gasteiger partial charge in [-0.25, -0.2) is 4.39 Å². The number of rotatable bonds is 4. The average molecular weight is 305 g/mol. The number of aryl methyl sites for hydroxylation is 1. The highest BCUT2D eigenvalue weighted by Gasteiger charge is 2.19. The van der Waals surface area contributed by atoms with Crippen molar-refractivity contribution in [3.05, 3.63) is 23.5 Å². The zero-order valence-corrected chi connectivity index (χ0v) is 12.4. The monoisotopic (exact) mass is 305 g/mol. The number of amides is 2. The Labute approximate surface area is 128 Å². The predicted molar refractivity (Wildman–Crippen MR) is 82.2 cm³/mol. The molecule has 1 fully saturated rings. The van der Waals surface area contributed by atoms with Crippen LogP contribution in [0.4, 0.5) is 15.8 Å². The Balaban J connectivity index is 1.62. The normalized spacial score (nSPS) is 20.4. The number of benzene rings is 1. The number of carbonyl (C=O) groups is 2. The largest absolute Gasteiger partial charge is 0.326 e. The van der Waals surface area contributed by atoms with Gasteiger partial charge in [0.05, 0.1) is 5.69 Å². The van der Waals surface area contributed by atoms with E-state index in [1.165, 1.54) is 12.1 Å². The van der Waals surface area contributed by atoms with Crippen LogP contribution >= 0.6 is 0 Å². The lowest BCUT2D eigenvalue weighted by Crippen LogP contribution is -2.24. The van der Waals surface area contributed by atoms with Crippen LogP contribution in [0.3, 0.4) is 0 Å². The first kappa shape index (κ1) is 15.0. The molecule has 0 bridgehead atoms. The van der Waals surface area contributed by atoms with Gasteiger partial charge >= 0.3 is 0 Å². The Hall–Kier alpha value is -1.95. The Morgan fingerprint density at radius 2 is 2.23 bits per heavy atom. The lowest BCUT2D eigenvalue weighted by molar-refractivity contribution is -0.117. The second-order valence-electron chi connectivity index (χ2n) is 5.92. The van der Waals surface area contributed by atoms with Gasteiger partial charge in [-0.15, -0.1) is 0 Å². The van der Waals surface area contributed by atoms with Gasteiger partial charge in [0.25, 0.3) is 0 Å². The van der Waals surface area contributed by atoms with E-state index in [-0.39, 0.29) is 17.5 Å². The minimum absolute atomic E-state index is 0.0799. The van der Waals surface area contributed by atoms with Gasteiger partial charge in [0.15, 0.2) is 0 Å². The van der Waals surface area contributed by atoms with E-state index < -0.39 is 5.82 Å². The maximum Gasteiger partial charge on any atom is 0.224 e. The summed E-state index contributed by atoms with van der Waals surface area (Å²) in [6.07, 6.45) is 4.25. The first-order valence-corrected chi connectivity index (χ1v) is 7.77. The first-order valence-electron chi connectivity index (χ1n) is 7.77. The van der Waals surface area contributed by atoms with E-state index in [9.17, 15) is 14.0 Å². The third-order valence-electron chi connectivity index (χ3n) is 4.24. The Kier molecular flexibility index (Phi) is 4.38. The van der Waals surface area contributed by atoms with Gasteiger partial charge in [-0.2, -0.15) is 0 Å². The standard InChI is InChI=1S/C16H20FN3O2/c17-12-8-10-3-5-15(21)19-13(10)9-14(12)20-16(22)6-4-11-2-1-7-18-11/h8-9,11,18H,1-7H2,(H,19,21)(H,20,22). The van der Waals surface area contributed by atoms with Crippen molar-refractivity contribution in [2.45, 2.75) is 44.6 Å². The van der Waals surface area contributed by atoms with Crippen molar-refractivity contribution in [3.63, 3.8) is 0 Å². The minimum Gasteiger partial charge on any atom is -0.326 e. The van der Waals surface area contributed by atoms with Crippen LogP contribution in [-0.4, -0.2) is 24.4 Å². The highest BCUT2D eigenvalue weighted by atomic mass is 19.1. The van der Waals surface area contributed by atoms with Crippen molar-refractivity contribution in [1.82, 2.24) is 5.32 Å². The third kappa shape index (κ3) is 3.44. The molecule has 5 nitrogen and oxygen atoms in total. The molecule has 6 heteroatoms. The van der Waals surface area contributed by atoms with E-state index in [2.05, 4.69) is 16.0 Å². The van der Waals surface area contributed by atoms with Gasteiger partial charge in [-0.3, -0.25) is 9.59 Å². The van der Waals surface area contributed by atoms with Gasteiger partial charge in [-0.1, -0.05) is 0 Å². The lowest BCUT2D eigenvalue weighted by atomic mass is 10.0. The van der Waals surface area contributed by atoms with E-state index in [0.717, 1.165) is 31.4 Å². The van der Waals surface area contributed by atoms with E-state index in [1.807, 2.05) is 0 Å². The number of halogens is 1. The van der Waals surface area contributed by atoms with Crippen LogP contribution in [0.25, 0.3) is 0 Å². The second kappa shape index (κ2) is 6.44. The van der Waals surface area contributed by atoms with E-state index >= 15 is 0 Å². The van der Waals surface area contributed by atoms with Crippen molar-refractivity contribution >= 4 is 23.2 Å². The van der Waals surface area contributed by atoms with Crippen molar-refractivity contribution in [2.75, 3.05) is 17.2 Å². The summed E-state index contributed by atoms with van der Waals surface area (Å²) in [5.74, 6) is -0.736. The molecule has 1 atom stereocenters. The molecule has 1 aromatic rings. The van der Waals surface area contributed by atoms with Crippen molar-refractivity contribution < 1.29 is 14.0 Å². The Bertz CT molecular complexity index is 597. The van der Waals surface area contributed by atoms with Gasteiger partial charge < -0.3 is 16.0 Å². The van der Waals surface area contributed by atoms with Gasteiger partial charge in [0, 0.05) is 24.6 Å². The summed E-state index contributed by atoms with van der Waals surface area (Å²) in [4.78, 5) is 23.4. The van der Waals surface area contributed by atoms with Gasteiger partial charge in [-0.05, 0) is 49.9 Å². The highest BCUT2D eigenvalue weighted by molar-refractivity contribution is 5.96. The summed E-state index contributed by atoms with van der Waals surface area (Å²) in [5, 5.41) is 8.65. The van der Waals surface area contributed by atoms with Crippen LogP contribution in [0.1, 0.15) is 37.7 Å². The van der Waals surface area contributed by atoms with Crippen molar-refractivity contribution in [3.8, 4) is 0 Å². The SMILES string of the molecule is O=C(CCC1CCCN1)Nc1cc2c(cc1F)CCC(=O)N2. The second-order valence-corrected chi connectivity index (χ2v) is 5.92. The van der Waals surface area contributed by atoms with Crippen LogP contribution in [0.15, 0.2) is 12.1 Å². The Morgan fingerprint density at radius 1 is 1.36 bits per heavy atom. The molecular formula is C16H20FN3O2. The fourth-order valence-corrected chi connectivity index (χ4v) is 3.02. The predicted octanol–water partition coefficient (Wildman–Crippen LogP) is 2.18. The molecule has 0 aliphatic carbocycles. The number of carbonyl (C=O) groups excluding carboxylic acids is 2. The van der Waals surface area contributed by atoms with Crippen LogP contribution in [0.2, 0.25) is 0 Å². The minimum atomic E-state index is -0.456.